The fraction of sp³-hybridized carbons (Fsp3) is 0.391. The van der Waals surface area contributed by atoms with E-state index in [9.17, 15) is 18.4 Å². The minimum absolute atomic E-state index is 0.00388. The van der Waals surface area contributed by atoms with Crippen LogP contribution in [0.3, 0.4) is 0 Å². The smallest absolute Gasteiger partial charge is 0.258 e. The van der Waals surface area contributed by atoms with E-state index >= 15 is 0 Å². The first-order valence-corrected chi connectivity index (χ1v) is 11.3. The van der Waals surface area contributed by atoms with Crippen LogP contribution in [0.25, 0.3) is 0 Å². The van der Waals surface area contributed by atoms with Crippen molar-refractivity contribution in [1.82, 2.24) is 10.6 Å². The molecule has 3 rings (SSSR count). The van der Waals surface area contributed by atoms with Crippen molar-refractivity contribution >= 4 is 35.0 Å². The number of hydrogen-bond donors (Lipinski definition) is 2. The highest BCUT2D eigenvalue weighted by molar-refractivity contribution is 6.31. The molecule has 0 aliphatic heterocycles. The molecule has 0 radical (unpaired) electrons. The zero-order valence-electron chi connectivity index (χ0n) is 17.8. The van der Waals surface area contributed by atoms with Crippen LogP contribution in [0.5, 0.6) is 11.5 Å². The molecule has 2 aromatic carbocycles. The number of rotatable bonds is 9. The van der Waals surface area contributed by atoms with Crippen LogP contribution < -0.4 is 20.1 Å². The summed E-state index contributed by atoms with van der Waals surface area (Å²) >= 11 is 11.3. The Bertz CT molecular complexity index is 1000. The Morgan fingerprint density at radius 3 is 2.06 bits per heavy atom. The van der Waals surface area contributed by atoms with Gasteiger partial charge in [0, 0.05) is 12.1 Å². The zero-order chi connectivity index (χ0) is 23.8. The van der Waals surface area contributed by atoms with Crippen LogP contribution in [0.15, 0.2) is 36.4 Å². The van der Waals surface area contributed by atoms with Gasteiger partial charge in [-0.25, -0.2) is 8.78 Å². The number of halogens is 4. The summed E-state index contributed by atoms with van der Waals surface area (Å²) in [4.78, 5) is 25.5. The van der Waals surface area contributed by atoms with Crippen LogP contribution in [0.4, 0.5) is 8.78 Å². The van der Waals surface area contributed by atoms with Gasteiger partial charge in [-0.2, -0.15) is 0 Å². The van der Waals surface area contributed by atoms with Gasteiger partial charge in [0.2, 0.25) is 5.91 Å². The van der Waals surface area contributed by atoms with Crippen molar-refractivity contribution in [2.24, 2.45) is 0 Å². The average Bonchev–Trinajstić information content (AvgIpc) is 2.80. The molecule has 0 atom stereocenters. The summed E-state index contributed by atoms with van der Waals surface area (Å²) in [6.07, 6.45) is 3.53. The van der Waals surface area contributed by atoms with Gasteiger partial charge in [0.15, 0.2) is 6.61 Å². The van der Waals surface area contributed by atoms with E-state index in [1.807, 2.05) is 0 Å². The Kier molecular flexibility index (Phi) is 8.74. The highest BCUT2D eigenvalue weighted by Gasteiger charge is 2.40. The van der Waals surface area contributed by atoms with Gasteiger partial charge in [-0.15, -0.1) is 0 Å². The van der Waals surface area contributed by atoms with Crippen molar-refractivity contribution in [3.05, 3.63) is 58.1 Å². The maximum Gasteiger partial charge on any atom is 0.258 e. The number of ether oxygens (including phenoxy) is 2. The van der Waals surface area contributed by atoms with Crippen molar-refractivity contribution < 1.29 is 27.8 Å². The molecule has 1 fully saturated rings. The maximum absolute atomic E-state index is 13.5. The van der Waals surface area contributed by atoms with Gasteiger partial charge >= 0.3 is 0 Å². The maximum atomic E-state index is 13.5. The molecule has 2 amide bonds. The highest BCUT2D eigenvalue weighted by atomic mass is 35.5. The lowest BCUT2D eigenvalue weighted by molar-refractivity contribution is -0.136. The lowest BCUT2D eigenvalue weighted by Crippen LogP contribution is -2.60. The summed E-state index contributed by atoms with van der Waals surface area (Å²) in [5.74, 6) is -1.60. The fourth-order valence-corrected chi connectivity index (χ4v) is 3.89. The summed E-state index contributed by atoms with van der Waals surface area (Å²) < 4.78 is 37.8. The number of amides is 2. The third-order valence-electron chi connectivity index (χ3n) is 5.33. The highest BCUT2D eigenvalue weighted by Crippen LogP contribution is 2.29. The second-order valence-electron chi connectivity index (χ2n) is 7.74. The van der Waals surface area contributed by atoms with Gasteiger partial charge in [-0.3, -0.25) is 9.59 Å². The quantitative estimate of drug-likeness (QED) is 0.490. The number of hydrogen-bond acceptors (Lipinski definition) is 4. The largest absolute Gasteiger partial charge is 0.492 e. The Labute approximate surface area is 200 Å². The SMILES string of the molecule is O=C(COc1ccc(Cl)c(F)c1)NC1(C(=O)NCCOc2ccc(Cl)c(F)c2)CCCCC1. The first kappa shape index (κ1) is 25.1. The van der Waals surface area contributed by atoms with Crippen LogP contribution >= 0.6 is 23.2 Å². The number of carbonyl (C=O) groups is 2. The van der Waals surface area contributed by atoms with Crippen molar-refractivity contribution in [2.45, 2.75) is 37.6 Å². The van der Waals surface area contributed by atoms with Gasteiger partial charge < -0.3 is 20.1 Å². The average molecular weight is 501 g/mol. The Morgan fingerprint density at radius 1 is 0.909 bits per heavy atom. The second kappa shape index (κ2) is 11.5. The van der Waals surface area contributed by atoms with Gasteiger partial charge in [0.1, 0.15) is 35.3 Å². The molecule has 0 spiro atoms. The molecule has 6 nitrogen and oxygen atoms in total. The molecule has 0 unspecified atom stereocenters. The van der Waals surface area contributed by atoms with Crippen molar-refractivity contribution in [2.75, 3.05) is 19.8 Å². The number of carbonyl (C=O) groups excluding carboxylic acids is 2. The molecule has 33 heavy (non-hydrogen) atoms. The van der Waals surface area contributed by atoms with Crippen LogP contribution in [0.2, 0.25) is 10.0 Å². The molecule has 1 aliphatic rings. The van der Waals surface area contributed by atoms with Gasteiger partial charge in [-0.05, 0) is 37.1 Å². The summed E-state index contributed by atoms with van der Waals surface area (Å²) in [7, 11) is 0. The molecular formula is C23H24Cl2F2N2O4. The molecule has 2 N–H and O–H groups in total. The predicted octanol–water partition coefficient (Wildman–Crippen LogP) is 4.66. The first-order valence-electron chi connectivity index (χ1n) is 10.5. The summed E-state index contributed by atoms with van der Waals surface area (Å²) in [5, 5.41) is 5.53. The lowest BCUT2D eigenvalue weighted by Gasteiger charge is -2.36. The number of benzene rings is 2. The third-order valence-corrected chi connectivity index (χ3v) is 5.94. The zero-order valence-corrected chi connectivity index (χ0v) is 19.3. The molecule has 0 saturated heterocycles. The van der Waals surface area contributed by atoms with Crippen molar-refractivity contribution in [3.63, 3.8) is 0 Å². The van der Waals surface area contributed by atoms with Crippen LogP contribution in [-0.2, 0) is 9.59 Å². The molecule has 1 saturated carbocycles. The molecule has 1 aliphatic carbocycles. The van der Waals surface area contributed by atoms with E-state index in [1.54, 1.807) is 0 Å². The van der Waals surface area contributed by atoms with Crippen LogP contribution in [0.1, 0.15) is 32.1 Å². The van der Waals surface area contributed by atoms with E-state index in [0.29, 0.717) is 18.6 Å². The molecule has 0 heterocycles. The third kappa shape index (κ3) is 6.95. The van der Waals surface area contributed by atoms with Crippen LogP contribution in [-0.4, -0.2) is 37.1 Å². The van der Waals surface area contributed by atoms with Crippen molar-refractivity contribution in [1.29, 1.82) is 0 Å². The van der Waals surface area contributed by atoms with Gasteiger partial charge in [0.25, 0.3) is 5.91 Å². The number of nitrogens with one attached hydrogen (secondary N) is 2. The standard InChI is InChI=1S/C23H24Cl2F2N2O4/c24-17-6-4-15(12-19(17)26)32-11-10-28-22(31)23(8-2-1-3-9-23)29-21(30)14-33-16-5-7-18(25)20(27)13-16/h4-7,12-13H,1-3,8-11,14H2,(H,28,31)(H,29,30). The summed E-state index contributed by atoms with van der Waals surface area (Å²) in [6, 6.07) is 7.96. The summed E-state index contributed by atoms with van der Waals surface area (Å²) in [5.41, 5.74) is -1.06. The van der Waals surface area contributed by atoms with E-state index in [2.05, 4.69) is 10.6 Å². The minimum atomic E-state index is -1.06. The van der Waals surface area contributed by atoms with E-state index in [0.717, 1.165) is 25.3 Å². The van der Waals surface area contributed by atoms with Gasteiger partial charge in [0.05, 0.1) is 16.6 Å². The van der Waals surface area contributed by atoms with E-state index in [4.69, 9.17) is 32.7 Å². The van der Waals surface area contributed by atoms with Crippen molar-refractivity contribution in [3.8, 4) is 11.5 Å². The summed E-state index contributed by atoms with van der Waals surface area (Å²) in [6.45, 7) is -0.0926. The van der Waals surface area contributed by atoms with E-state index in [-0.39, 0.29) is 41.5 Å². The molecule has 0 aromatic heterocycles. The minimum Gasteiger partial charge on any atom is -0.492 e. The molecule has 2 aromatic rings. The monoisotopic (exact) mass is 500 g/mol. The topological polar surface area (TPSA) is 76.7 Å². The molecule has 0 bridgehead atoms. The van der Waals surface area contributed by atoms with Gasteiger partial charge in [-0.1, -0.05) is 42.5 Å². The fourth-order valence-electron chi connectivity index (χ4n) is 3.65. The predicted molar refractivity (Wildman–Crippen MR) is 121 cm³/mol. The molecule has 178 valence electrons. The van der Waals surface area contributed by atoms with E-state index < -0.39 is 23.1 Å². The Balaban J connectivity index is 1.52. The normalized spacial score (nSPS) is 14.9. The lowest BCUT2D eigenvalue weighted by atomic mass is 9.80. The Hall–Kier alpha value is -2.58. The molecule has 10 heteroatoms. The Morgan fingerprint density at radius 2 is 1.48 bits per heavy atom. The molecular weight excluding hydrogens is 477 g/mol. The van der Waals surface area contributed by atoms with E-state index in [1.165, 1.54) is 30.3 Å². The first-order chi connectivity index (χ1) is 15.8. The second-order valence-corrected chi connectivity index (χ2v) is 8.55. The van der Waals surface area contributed by atoms with Crippen LogP contribution in [0, 0.1) is 11.6 Å².